The highest BCUT2D eigenvalue weighted by atomic mass is 16.5. The van der Waals surface area contributed by atoms with Gasteiger partial charge in [0.05, 0.1) is 13.7 Å². The summed E-state index contributed by atoms with van der Waals surface area (Å²) in [6, 6.07) is 11.0. The molecule has 132 valence electrons. The summed E-state index contributed by atoms with van der Waals surface area (Å²) in [5.41, 5.74) is 0. The predicted molar refractivity (Wildman–Crippen MR) is 95.0 cm³/mol. The van der Waals surface area contributed by atoms with Crippen molar-refractivity contribution in [2.75, 3.05) is 30.9 Å². The molecule has 1 saturated carbocycles. The minimum Gasteiger partial charge on any atom is -0.497 e. The van der Waals surface area contributed by atoms with Crippen LogP contribution in [0.1, 0.15) is 19.3 Å². The van der Waals surface area contributed by atoms with Crippen LogP contribution in [0, 0.1) is 5.92 Å². The number of methoxy groups -OCH3 is 1. The van der Waals surface area contributed by atoms with E-state index in [0.29, 0.717) is 24.8 Å². The Kier molecular flexibility index (Phi) is 5.66. The number of nitrogens with one attached hydrogen (secondary N) is 2. The van der Waals surface area contributed by atoms with Crippen LogP contribution in [0.3, 0.4) is 0 Å². The molecule has 1 aliphatic rings. The molecule has 0 saturated heterocycles. The molecule has 1 aromatic heterocycles. The van der Waals surface area contributed by atoms with E-state index in [1.165, 1.54) is 0 Å². The summed E-state index contributed by atoms with van der Waals surface area (Å²) in [7, 11) is 1.63. The first-order chi connectivity index (χ1) is 12.2. The van der Waals surface area contributed by atoms with Crippen molar-refractivity contribution >= 4 is 17.5 Å². The third kappa shape index (κ3) is 4.82. The fourth-order valence-electron chi connectivity index (χ4n) is 2.41. The number of benzene rings is 1. The van der Waals surface area contributed by atoms with Crippen molar-refractivity contribution in [3.05, 3.63) is 36.4 Å². The van der Waals surface area contributed by atoms with Gasteiger partial charge in [0.25, 0.3) is 0 Å². The van der Waals surface area contributed by atoms with Crippen LogP contribution < -0.4 is 20.1 Å². The molecule has 25 heavy (non-hydrogen) atoms. The number of nitrogens with zero attached hydrogens (tertiary/aromatic N) is 2. The Morgan fingerprint density at radius 3 is 2.36 bits per heavy atom. The van der Waals surface area contributed by atoms with Gasteiger partial charge in [-0.3, -0.25) is 4.79 Å². The molecule has 0 bridgehead atoms. The van der Waals surface area contributed by atoms with E-state index in [1.807, 2.05) is 24.3 Å². The molecule has 3 rings (SSSR count). The number of aromatic nitrogens is 2. The van der Waals surface area contributed by atoms with Crippen molar-refractivity contribution in [3.8, 4) is 11.5 Å². The first-order valence-electron chi connectivity index (χ1n) is 8.40. The zero-order valence-electron chi connectivity index (χ0n) is 14.2. The molecule has 0 atom stereocenters. The van der Waals surface area contributed by atoms with Crippen LogP contribution in [0.25, 0.3) is 0 Å². The maximum absolute atomic E-state index is 11.8. The lowest BCUT2D eigenvalue weighted by molar-refractivity contribution is -0.122. The number of anilines is 2. The van der Waals surface area contributed by atoms with Gasteiger partial charge in [0.15, 0.2) is 5.82 Å². The Hall–Kier alpha value is -2.83. The Balaban J connectivity index is 1.38. The third-order valence-electron chi connectivity index (χ3n) is 4.13. The highest BCUT2D eigenvalue weighted by Gasteiger charge is 2.25. The number of carbonyl (C=O) groups is 1. The number of amides is 1. The molecule has 2 aromatic rings. The maximum atomic E-state index is 11.8. The molecule has 7 heteroatoms. The van der Waals surface area contributed by atoms with Crippen molar-refractivity contribution in [3.63, 3.8) is 0 Å². The average molecular weight is 342 g/mol. The van der Waals surface area contributed by atoms with Gasteiger partial charge in [0.1, 0.15) is 23.9 Å². The minimum atomic E-state index is 0.0363. The topological polar surface area (TPSA) is 85.4 Å². The van der Waals surface area contributed by atoms with E-state index < -0.39 is 0 Å². The Labute approximate surface area is 146 Å². The fraction of sp³-hybridized carbons (Fsp3) is 0.389. The summed E-state index contributed by atoms with van der Waals surface area (Å²) in [6.07, 6.45) is 3.06. The first-order valence-corrected chi connectivity index (χ1v) is 8.40. The molecule has 2 N–H and O–H groups in total. The largest absolute Gasteiger partial charge is 0.497 e. The molecule has 1 amide bonds. The summed E-state index contributed by atoms with van der Waals surface area (Å²) >= 11 is 0. The summed E-state index contributed by atoms with van der Waals surface area (Å²) in [5, 5.41) is 14.0. The van der Waals surface area contributed by atoms with Gasteiger partial charge in [0, 0.05) is 5.92 Å². The van der Waals surface area contributed by atoms with Crippen LogP contribution >= 0.6 is 0 Å². The standard InChI is InChI=1S/C18H22N4O3/c1-24-14-5-7-15(8-6-14)25-12-11-19-16-9-10-17(22-21-16)20-18(23)13-3-2-4-13/h5-10,13H,2-4,11-12H2,1H3,(H,19,21)(H,20,22,23). The van der Waals surface area contributed by atoms with Crippen LogP contribution in [0.15, 0.2) is 36.4 Å². The molecule has 1 aromatic carbocycles. The zero-order valence-corrected chi connectivity index (χ0v) is 14.2. The molecular formula is C18H22N4O3. The normalized spacial score (nSPS) is 13.6. The molecule has 0 spiro atoms. The van der Waals surface area contributed by atoms with Gasteiger partial charge in [-0.2, -0.15) is 0 Å². The monoisotopic (exact) mass is 342 g/mol. The number of hydrogen-bond donors (Lipinski definition) is 2. The molecular weight excluding hydrogens is 320 g/mol. The number of ether oxygens (including phenoxy) is 2. The van der Waals surface area contributed by atoms with Gasteiger partial charge in [0.2, 0.25) is 5.91 Å². The minimum absolute atomic E-state index is 0.0363. The van der Waals surface area contributed by atoms with Crippen molar-refractivity contribution in [1.29, 1.82) is 0 Å². The lowest BCUT2D eigenvalue weighted by Gasteiger charge is -2.23. The number of hydrogen-bond acceptors (Lipinski definition) is 6. The van der Waals surface area contributed by atoms with Gasteiger partial charge in [-0.25, -0.2) is 0 Å². The second-order valence-corrected chi connectivity index (χ2v) is 5.87. The second kappa shape index (κ2) is 8.32. The quantitative estimate of drug-likeness (QED) is 0.718. The molecule has 0 aliphatic heterocycles. The average Bonchev–Trinajstić information content (AvgIpc) is 2.59. The van der Waals surface area contributed by atoms with Crippen molar-refractivity contribution in [2.45, 2.75) is 19.3 Å². The van der Waals surface area contributed by atoms with Crippen molar-refractivity contribution in [1.82, 2.24) is 10.2 Å². The highest BCUT2D eigenvalue weighted by molar-refractivity contribution is 5.92. The maximum Gasteiger partial charge on any atom is 0.228 e. The van der Waals surface area contributed by atoms with E-state index in [4.69, 9.17) is 9.47 Å². The summed E-state index contributed by atoms with van der Waals surface area (Å²) < 4.78 is 10.7. The van der Waals surface area contributed by atoms with Crippen LogP contribution in [0.2, 0.25) is 0 Å². The van der Waals surface area contributed by atoms with Gasteiger partial charge in [-0.05, 0) is 49.2 Å². The number of rotatable bonds is 8. The van der Waals surface area contributed by atoms with Crippen molar-refractivity contribution in [2.24, 2.45) is 5.92 Å². The van der Waals surface area contributed by atoms with E-state index in [2.05, 4.69) is 20.8 Å². The third-order valence-corrected chi connectivity index (χ3v) is 4.13. The highest BCUT2D eigenvalue weighted by Crippen LogP contribution is 2.27. The van der Waals surface area contributed by atoms with Crippen LogP contribution in [0.5, 0.6) is 11.5 Å². The lowest BCUT2D eigenvalue weighted by atomic mass is 9.85. The predicted octanol–water partition coefficient (Wildman–Crippen LogP) is 2.71. The van der Waals surface area contributed by atoms with E-state index in [0.717, 1.165) is 30.8 Å². The molecule has 1 fully saturated rings. The zero-order chi connectivity index (χ0) is 17.5. The Morgan fingerprint density at radius 2 is 1.76 bits per heavy atom. The summed E-state index contributed by atoms with van der Waals surface area (Å²) in [6.45, 7) is 1.09. The molecule has 7 nitrogen and oxygen atoms in total. The smallest absolute Gasteiger partial charge is 0.228 e. The van der Waals surface area contributed by atoms with Crippen molar-refractivity contribution < 1.29 is 14.3 Å². The summed E-state index contributed by atoms with van der Waals surface area (Å²) in [4.78, 5) is 11.8. The van der Waals surface area contributed by atoms with E-state index in [9.17, 15) is 4.79 Å². The lowest BCUT2D eigenvalue weighted by Crippen LogP contribution is -2.28. The Bertz CT molecular complexity index is 684. The number of carbonyl (C=O) groups excluding carboxylic acids is 1. The van der Waals surface area contributed by atoms with Gasteiger partial charge in [-0.15, -0.1) is 10.2 Å². The van der Waals surface area contributed by atoms with Gasteiger partial charge >= 0.3 is 0 Å². The van der Waals surface area contributed by atoms with Gasteiger partial charge < -0.3 is 20.1 Å². The fourth-order valence-corrected chi connectivity index (χ4v) is 2.41. The molecule has 1 aliphatic carbocycles. The van der Waals surface area contributed by atoms with Gasteiger partial charge in [-0.1, -0.05) is 6.42 Å². The Morgan fingerprint density at radius 1 is 1.08 bits per heavy atom. The first kappa shape index (κ1) is 17.0. The van der Waals surface area contributed by atoms with E-state index in [1.54, 1.807) is 19.2 Å². The van der Waals surface area contributed by atoms with E-state index >= 15 is 0 Å². The molecule has 1 heterocycles. The molecule has 0 unspecified atom stereocenters. The second-order valence-electron chi connectivity index (χ2n) is 5.87. The van der Waals surface area contributed by atoms with Crippen LogP contribution in [-0.4, -0.2) is 36.4 Å². The van der Waals surface area contributed by atoms with Crippen LogP contribution in [-0.2, 0) is 4.79 Å². The SMILES string of the molecule is COc1ccc(OCCNc2ccc(NC(=O)C3CCC3)nn2)cc1. The van der Waals surface area contributed by atoms with E-state index in [-0.39, 0.29) is 11.8 Å². The molecule has 0 radical (unpaired) electrons. The summed E-state index contributed by atoms with van der Waals surface area (Å²) in [5.74, 6) is 2.87. The van der Waals surface area contributed by atoms with Crippen LogP contribution in [0.4, 0.5) is 11.6 Å².